The van der Waals surface area contributed by atoms with E-state index in [4.69, 9.17) is 0 Å². The van der Waals surface area contributed by atoms with Gasteiger partial charge in [-0.1, -0.05) is 42.5 Å². The molecule has 0 radical (unpaired) electrons. The molecule has 102 valence electrons. The predicted molar refractivity (Wildman–Crippen MR) is 75.6 cm³/mol. The van der Waals surface area contributed by atoms with Crippen LogP contribution in [0.15, 0.2) is 54.6 Å². The van der Waals surface area contributed by atoms with Crippen LogP contribution in [0, 0.1) is 0 Å². The molecule has 2 aromatic rings. The fraction of sp³-hybridized carbons (Fsp3) is 0.125. The van der Waals surface area contributed by atoms with Crippen LogP contribution in [0.25, 0.3) is 0 Å². The Hall–Kier alpha value is -2.62. The van der Waals surface area contributed by atoms with E-state index < -0.39 is 0 Å². The Kier molecular flexibility index (Phi) is 4.50. The molecule has 0 fully saturated rings. The number of hydrogen-bond donors (Lipinski definition) is 2. The first-order valence-corrected chi connectivity index (χ1v) is 6.28. The van der Waals surface area contributed by atoms with E-state index in [0.29, 0.717) is 11.1 Å². The molecule has 0 saturated heterocycles. The van der Waals surface area contributed by atoms with Crippen LogP contribution < -0.4 is 5.32 Å². The van der Waals surface area contributed by atoms with Crippen molar-refractivity contribution in [3.63, 3.8) is 0 Å². The molecule has 0 heterocycles. The van der Waals surface area contributed by atoms with Crippen LogP contribution in [0.4, 0.5) is 0 Å². The first-order valence-electron chi connectivity index (χ1n) is 6.28. The molecule has 0 unspecified atom stereocenters. The molecule has 1 amide bonds. The van der Waals surface area contributed by atoms with Crippen molar-refractivity contribution in [2.75, 3.05) is 6.54 Å². The minimum atomic E-state index is -0.250. The van der Waals surface area contributed by atoms with E-state index >= 15 is 0 Å². The summed E-state index contributed by atoms with van der Waals surface area (Å²) in [6.07, 6.45) is 0.135. The number of nitrogens with one attached hydrogen (secondary N) is 1. The van der Waals surface area contributed by atoms with Gasteiger partial charge in [0.2, 0.25) is 5.91 Å². The normalized spacial score (nSPS) is 10.0. The maximum atomic E-state index is 11.8. The number of ketones is 1. The Labute approximate surface area is 117 Å². The summed E-state index contributed by atoms with van der Waals surface area (Å²) in [4.78, 5) is 23.5. The third kappa shape index (κ3) is 3.95. The topological polar surface area (TPSA) is 66.4 Å². The number of aromatic hydroxyl groups is 1. The monoisotopic (exact) mass is 269 g/mol. The molecule has 4 nitrogen and oxygen atoms in total. The fourth-order valence-electron chi connectivity index (χ4n) is 1.82. The first kappa shape index (κ1) is 13.8. The lowest BCUT2D eigenvalue weighted by Gasteiger charge is -2.05. The van der Waals surface area contributed by atoms with Gasteiger partial charge in [0.25, 0.3) is 0 Å². The Morgan fingerprint density at radius 3 is 2.45 bits per heavy atom. The van der Waals surface area contributed by atoms with Crippen molar-refractivity contribution in [3.05, 3.63) is 65.7 Å². The molecule has 4 heteroatoms. The SMILES string of the molecule is O=C(Cc1cccc(O)c1)NCC(=O)c1ccccc1. The molecule has 2 aromatic carbocycles. The van der Waals surface area contributed by atoms with Crippen molar-refractivity contribution in [1.29, 1.82) is 0 Å². The minimum Gasteiger partial charge on any atom is -0.508 e. The van der Waals surface area contributed by atoms with Gasteiger partial charge in [-0.2, -0.15) is 0 Å². The Bertz CT molecular complexity index is 608. The number of phenolic OH excluding ortho intramolecular Hbond substituents is 1. The van der Waals surface area contributed by atoms with Crippen molar-refractivity contribution in [2.24, 2.45) is 0 Å². The highest BCUT2D eigenvalue weighted by molar-refractivity contribution is 5.99. The van der Waals surface area contributed by atoms with Crippen LogP contribution in [-0.2, 0) is 11.2 Å². The summed E-state index contributed by atoms with van der Waals surface area (Å²) in [7, 11) is 0. The summed E-state index contributed by atoms with van der Waals surface area (Å²) >= 11 is 0. The van der Waals surface area contributed by atoms with Crippen LogP contribution in [0.2, 0.25) is 0 Å². The average Bonchev–Trinajstić information content (AvgIpc) is 2.46. The van der Waals surface area contributed by atoms with Crippen molar-refractivity contribution in [3.8, 4) is 5.75 Å². The van der Waals surface area contributed by atoms with E-state index in [2.05, 4.69) is 5.32 Å². The van der Waals surface area contributed by atoms with Crippen LogP contribution >= 0.6 is 0 Å². The molecule has 0 saturated carbocycles. The van der Waals surface area contributed by atoms with Gasteiger partial charge in [0.05, 0.1) is 13.0 Å². The van der Waals surface area contributed by atoms with Gasteiger partial charge in [0.1, 0.15) is 5.75 Å². The van der Waals surface area contributed by atoms with E-state index in [1.165, 1.54) is 6.07 Å². The summed E-state index contributed by atoms with van der Waals surface area (Å²) in [6, 6.07) is 15.3. The third-order valence-corrected chi connectivity index (χ3v) is 2.82. The predicted octanol–water partition coefficient (Wildman–Crippen LogP) is 1.93. The van der Waals surface area contributed by atoms with Crippen molar-refractivity contribution in [1.82, 2.24) is 5.32 Å². The minimum absolute atomic E-state index is 0.0261. The second kappa shape index (κ2) is 6.52. The van der Waals surface area contributed by atoms with Gasteiger partial charge in [0.15, 0.2) is 5.78 Å². The van der Waals surface area contributed by atoms with Crippen LogP contribution in [0.3, 0.4) is 0 Å². The van der Waals surface area contributed by atoms with E-state index in [1.807, 2.05) is 6.07 Å². The summed E-state index contributed by atoms with van der Waals surface area (Å²) in [6.45, 7) is -0.0261. The molecule has 0 aromatic heterocycles. The summed E-state index contributed by atoms with van der Waals surface area (Å²) in [5.41, 5.74) is 1.28. The molecule has 2 N–H and O–H groups in total. The molecule has 0 bridgehead atoms. The van der Waals surface area contributed by atoms with Gasteiger partial charge in [0, 0.05) is 5.56 Å². The standard InChI is InChI=1S/C16H15NO3/c18-14-8-4-5-12(9-14)10-16(20)17-11-15(19)13-6-2-1-3-7-13/h1-9,18H,10-11H2,(H,17,20). The quantitative estimate of drug-likeness (QED) is 0.815. The van der Waals surface area contributed by atoms with Crippen LogP contribution in [0.5, 0.6) is 5.75 Å². The lowest BCUT2D eigenvalue weighted by Crippen LogP contribution is -2.30. The van der Waals surface area contributed by atoms with E-state index in [1.54, 1.807) is 42.5 Å². The molecule has 0 aliphatic rings. The zero-order chi connectivity index (χ0) is 14.4. The zero-order valence-corrected chi connectivity index (χ0v) is 10.9. The highest BCUT2D eigenvalue weighted by Crippen LogP contribution is 2.11. The number of carbonyl (C=O) groups excluding carboxylic acids is 2. The van der Waals surface area contributed by atoms with Crippen molar-refractivity contribution in [2.45, 2.75) is 6.42 Å². The molecule has 0 spiro atoms. The van der Waals surface area contributed by atoms with Gasteiger partial charge in [-0.15, -0.1) is 0 Å². The second-order valence-electron chi connectivity index (χ2n) is 4.41. The van der Waals surface area contributed by atoms with Gasteiger partial charge in [-0.3, -0.25) is 9.59 Å². The number of benzene rings is 2. The Balaban J connectivity index is 1.85. The number of rotatable bonds is 5. The summed E-state index contributed by atoms with van der Waals surface area (Å²) in [5.74, 6) is -0.259. The highest BCUT2D eigenvalue weighted by atomic mass is 16.3. The largest absolute Gasteiger partial charge is 0.508 e. The summed E-state index contributed by atoms with van der Waals surface area (Å²) in [5, 5.41) is 11.9. The second-order valence-corrected chi connectivity index (χ2v) is 4.41. The molecule has 0 aliphatic heterocycles. The third-order valence-electron chi connectivity index (χ3n) is 2.82. The zero-order valence-electron chi connectivity index (χ0n) is 10.9. The Morgan fingerprint density at radius 1 is 1.00 bits per heavy atom. The maximum absolute atomic E-state index is 11.8. The van der Waals surface area contributed by atoms with E-state index in [9.17, 15) is 14.7 Å². The molecule has 20 heavy (non-hydrogen) atoms. The fourth-order valence-corrected chi connectivity index (χ4v) is 1.82. The first-order chi connectivity index (χ1) is 9.65. The summed E-state index contributed by atoms with van der Waals surface area (Å²) < 4.78 is 0. The Morgan fingerprint density at radius 2 is 1.75 bits per heavy atom. The molecular formula is C16H15NO3. The molecule has 0 atom stereocenters. The lowest BCUT2D eigenvalue weighted by atomic mass is 10.1. The molecular weight excluding hydrogens is 254 g/mol. The van der Waals surface area contributed by atoms with E-state index in [0.717, 1.165) is 0 Å². The maximum Gasteiger partial charge on any atom is 0.224 e. The van der Waals surface area contributed by atoms with Gasteiger partial charge in [-0.05, 0) is 17.7 Å². The van der Waals surface area contributed by atoms with Crippen molar-refractivity contribution >= 4 is 11.7 Å². The molecule has 2 rings (SSSR count). The number of phenols is 1. The number of carbonyl (C=O) groups is 2. The molecule has 0 aliphatic carbocycles. The number of hydrogen-bond acceptors (Lipinski definition) is 3. The number of amides is 1. The van der Waals surface area contributed by atoms with Gasteiger partial charge < -0.3 is 10.4 Å². The van der Waals surface area contributed by atoms with Crippen LogP contribution in [0.1, 0.15) is 15.9 Å². The van der Waals surface area contributed by atoms with Gasteiger partial charge in [-0.25, -0.2) is 0 Å². The van der Waals surface area contributed by atoms with Crippen LogP contribution in [-0.4, -0.2) is 23.3 Å². The average molecular weight is 269 g/mol. The van der Waals surface area contributed by atoms with Crippen molar-refractivity contribution < 1.29 is 14.7 Å². The highest BCUT2D eigenvalue weighted by Gasteiger charge is 2.08. The van der Waals surface area contributed by atoms with Gasteiger partial charge >= 0.3 is 0 Å². The lowest BCUT2D eigenvalue weighted by molar-refractivity contribution is -0.120. The van der Waals surface area contributed by atoms with E-state index in [-0.39, 0.29) is 30.4 Å². The smallest absolute Gasteiger partial charge is 0.224 e. The number of Topliss-reactive ketones (excluding diaryl/α,β-unsaturated/α-hetero) is 1.